The number of likely N-dealkylation sites (N-methyl/N-ethyl adjacent to an activating group) is 1. The molecule has 1 aliphatic heterocycles. The van der Waals surface area contributed by atoms with Crippen molar-refractivity contribution in [1.29, 1.82) is 0 Å². The Labute approximate surface area is 106 Å². The van der Waals surface area contributed by atoms with E-state index in [4.69, 9.17) is 4.74 Å². The van der Waals surface area contributed by atoms with Crippen LogP contribution in [0.15, 0.2) is 0 Å². The van der Waals surface area contributed by atoms with Gasteiger partial charge in [-0.25, -0.2) is 0 Å². The molecule has 2 fully saturated rings. The first-order valence-corrected chi connectivity index (χ1v) is 7.31. The van der Waals surface area contributed by atoms with Crippen molar-refractivity contribution in [3.05, 3.63) is 0 Å². The quantitative estimate of drug-likeness (QED) is 0.767. The molecule has 0 amide bonds. The fourth-order valence-corrected chi connectivity index (χ4v) is 3.73. The lowest BCUT2D eigenvalue weighted by Crippen LogP contribution is -2.50. The molecular weight excluding hydrogens is 212 g/mol. The van der Waals surface area contributed by atoms with Crippen molar-refractivity contribution in [2.75, 3.05) is 33.4 Å². The van der Waals surface area contributed by atoms with Crippen LogP contribution in [0.2, 0.25) is 0 Å². The van der Waals surface area contributed by atoms with Crippen molar-refractivity contribution in [2.45, 2.75) is 51.1 Å². The van der Waals surface area contributed by atoms with Gasteiger partial charge in [-0.05, 0) is 44.7 Å². The topological polar surface area (TPSA) is 24.5 Å². The summed E-state index contributed by atoms with van der Waals surface area (Å²) in [6.45, 7) is 6.52. The molecule has 1 saturated carbocycles. The maximum atomic E-state index is 5.32. The molecule has 1 saturated heterocycles. The number of rotatable bonds is 6. The number of nitrogens with one attached hydrogen (secondary N) is 1. The summed E-state index contributed by atoms with van der Waals surface area (Å²) in [4.78, 5) is 2.73. The molecule has 3 atom stereocenters. The Bertz CT molecular complexity index is 216. The van der Waals surface area contributed by atoms with Crippen LogP contribution in [-0.2, 0) is 4.74 Å². The molecule has 100 valence electrons. The van der Waals surface area contributed by atoms with Gasteiger partial charge in [-0.1, -0.05) is 13.3 Å². The van der Waals surface area contributed by atoms with E-state index in [1.165, 1.54) is 45.2 Å². The molecule has 3 nitrogen and oxygen atoms in total. The van der Waals surface area contributed by atoms with Crippen molar-refractivity contribution >= 4 is 0 Å². The van der Waals surface area contributed by atoms with Gasteiger partial charge in [-0.3, -0.25) is 4.90 Å². The number of ether oxygens (including phenoxy) is 1. The number of methoxy groups -OCH3 is 1. The van der Waals surface area contributed by atoms with Gasteiger partial charge in [0.05, 0.1) is 6.61 Å². The SMILES string of the molecule is CCNC(COC)CN1CCCC2CCCC21. The summed E-state index contributed by atoms with van der Waals surface area (Å²) in [5, 5.41) is 3.54. The van der Waals surface area contributed by atoms with Crippen LogP contribution in [0.4, 0.5) is 0 Å². The molecule has 2 rings (SSSR count). The third kappa shape index (κ3) is 3.43. The maximum absolute atomic E-state index is 5.32. The molecule has 3 unspecified atom stereocenters. The molecule has 1 N–H and O–H groups in total. The Hall–Kier alpha value is -0.120. The van der Waals surface area contributed by atoms with Crippen LogP contribution in [0, 0.1) is 5.92 Å². The Morgan fingerprint density at radius 1 is 1.29 bits per heavy atom. The van der Waals surface area contributed by atoms with Gasteiger partial charge in [0.1, 0.15) is 0 Å². The van der Waals surface area contributed by atoms with Crippen molar-refractivity contribution in [3.63, 3.8) is 0 Å². The van der Waals surface area contributed by atoms with E-state index in [-0.39, 0.29) is 0 Å². The molecule has 1 heterocycles. The van der Waals surface area contributed by atoms with E-state index in [1.54, 1.807) is 7.11 Å². The molecule has 2 aliphatic rings. The highest BCUT2D eigenvalue weighted by atomic mass is 16.5. The van der Waals surface area contributed by atoms with Gasteiger partial charge in [-0.2, -0.15) is 0 Å². The zero-order chi connectivity index (χ0) is 12.1. The highest BCUT2D eigenvalue weighted by Crippen LogP contribution is 2.36. The monoisotopic (exact) mass is 240 g/mol. The summed E-state index contributed by atoms with van der Waals surface area (Å²) in [5.74, 6) is 0.994. The summed E-state index contributed by atoms with van der Waals surface area (Å²) in [6.07, 6.45) is 7.21. The number of nitrogens with zero attached hydrogens (tertiary/aromatic N) is 1. The van der Waals surface area contributed by atoms with Crippen molar-refractivity contribution in [1.82, 2.24) is 10.2 Å². The predicted molar refractivity (Wildman–Crippen MR) is 71.3 cm³/mol. The normalized spacial score (nSPS) is 31.4. The fourth-order valence-electron chi connectivity index (χ4n) is 3.73. The number of fused-ring (bicyclic) bond motifs is 1. The Kier molecular flexibility index (Phi) is 5.26. The Morgan fingerprint density at radius 3 is 2.88 bits per heavy atom. The van der Waals surface area contributed by atoms with Crippen LogP contribution in [-0.4, -0.2) is 50.3 Å². The first kappa shape index (κ1) is 13.3. The van der Waals surface area contributed by atoms with Crippen molar-refractivity contribution < 1.29 is 4.74 Å². The molecule has 1 aliphatic carbocycles. The van der Waals surface area contributed by atoms with E-state index in [0.717, 1.165) is 25.1 Å². The molecule has 0 radical (unpaired) electrons. The third-order valence-electron chi connectivity index (χ3n) is 4.42. The number of hydrogen-bond donors (Lipinski definition) is 1. The van der Waals surface area contributed by atoms with Crippen LogP contribution in [0.25, 0.3) is 0 Å². The summed E-state index contributed by atoms with van der Waals surface area (Å²) in [5.41, 5.74) is 0. The van der Waals surface area contributed by atoms with Gasteiger partial charge in [0.15, 0.2) is 0 Å². The van der Waals surface area contributed by atoms with Gasteiger partial charge < -0.3 is 10.1 Å². The van der Waals surface area contributed by atoms with Gasteiger partial charge in [0.2, 0.25) is 0 Å². The second-order valence-electron chi connectivity index (χ2n) is 5.61. The van der Waals surface area contributed by atoms with Gasteiger partial charge >= 0.3 is 0 Å². The molecule has 0 spiro atoms. The standard InChI is InChI=1S/C14H28N2O/c1-3-15-13(11-17-2)10-16-9-5-7-12-6-4-8-14(12)16/h12-15H,3-11H2,1-2H3. The highest BCUT2D eigenvalue weighted by Gasteiger charge is 2.35. The van der Waals surface area contributed by atoms with Crippen molar-refractivity contribution in [2.24, 2.45) is 5.92 Å². The largest absolute Gasteiger partial charge is 0.383 e. The maximum Gasteiger partial charge on any atom is 0.0628 e. The minimum Gasteiger partial charge on any atom is -0.383 e. The first-order valence-electron chi connectivity index (χ1n) is 7.31. The van der Waals surface area contributed by atoms with Crippen molar-refractivity contribution in [3.8, 4) is 0 Å². The van der Waals surface area contributed by atoms with Crippen LogP contribution < -0.4 is 5.32 Å². The zero-order valence-electron chi connectivity index (χ0n) is 11.5. The number of likely N-dealkylation sites (tertiary alicyclic amines) is 1. The number of piperidine rings is 1. The molecular formula is C14H28N2O. The van der Waals surface area contributed by atoms with E-state index >= 15 is 0 Å². The van der Waals surface area contributed by atoms with Gasteiger partial charge in [-0.15, -0.1) is 0 Å². The molecule has 0 bridgehead atoms. The average molecular weight is 240 g/mol. The summed E-state index contributed by atoms with van der Waals surface area (Å²) in [6, 6.07) is 1.38. The van der Waals surface area contributed by atoms with E-state index in [2.05, 4.69) is 17.1 Å². The average Bonchev–Trinajstić information content (AvgIpc) is 2.79. The van der Waals surface area contributed by atoms with Crippen LogP contribution in [0.5, 0.6) is 0 Å². The molecule has 0 aromatic heterocycles. The first-order chi connectivity index (χ1) is 8.35. The molecule has 3 heteroatoms. The highest BCUT2D eigenvalue weighted by molar-refractivity contribution is 4.90. The summed E-state index contributed by atoms with van der Waals surface area (Å²) in [7, 11) is 1.80. The lowest BCUT2D eigenvalue weighted by Gasteiger charge is -2.39. The van der Waals surface area contributed by atoms with E-state index in [0.29, 0.717) is 6.04 Å². The van der Waals surface area contributed by atoms with E-state index in [1.807, 2.05) is 0 Å². The Morgan fingerprint density at radius 2 is 2.12 bits per heavy atom. The van der Waals surface area contributed by atoms with Crippen LogP contribution in [0.3, 0.4) is 0 Å². The fraction of sp³-hybridized carbons (Fsp3) is 1.00. The zero-order valence-corrected chi connectivity index (χ0v) is 11.5. The summed E-state index contributed by atoms with van der Waals surface area (Å²) >= 11 is 0. The third-order valence-corrected chi connectivity index (χ3v) is 4.42. The lowest BCUT2D eigenvalue weighted by molar-refractivity contribution is 0.0787. The lowest BCUT2D eigenvalue weighted by atomic mass is 9.91. The minimum atomic E-state index is 0.504. The summed E-state index contributed by atoms with van der Waals surface area (Å²) < 4.78 is 5.32. The second-order valence-corrected chi connectivity index (χ2v) is 5.61. The van der Waals surface area contributed by atoms with Crippen LogP contribution in [0.1, 0.15) is 39.0 Å². The molecule has 17 heavy (non-hydrogen) atoms. The Balaban J connectivity index is 1.86. The smallest absolute Gasteiger partial charge is 0.0628 e. The predicted octanol–water partition coefficient (Wildman–Crippen LogP) is 1.88. The molecule has 0 aromatic carbocycles. The second kappa shape index (κ2) is 6.72. The van der Waals surface area contributed by atoms with E-state index in [9.17, 15) is 0 Å². The van der Waals surface area contributed by atoms with Gasteiger partial charge in [0.25, 0.3) is 0 Å². The van der Waals surface area contributed by atoms with Crippen LogP contribution >= 0.6 is 0 Å². The van der Waals surface area contributed by atoms with E-state index < -0.39 is 0 Å². The minimum absolute atomic E-state index is 0.504. The molecule has 0 aromatic rings. The van der Waals surface area contributed by atoms with Gasteiger partial charge in [0, 0.05) is 25.7 Å². The number of hydrogen-bond acceptors (Lipinski definition) is 3.